The van der Waals surface area contributed by atoms with Crippen LogP contribution in [0.1, 0.15) is 28.8 Å². The van der Waals surface area contributed by atoms with Crippen LogP contribution < -0.4 is 10.6 Å². The number of anilines is 2. The molecule has 6 nitrogen and oxygen atoms in total. The van der Waals surface area contributed by atoms with E-state index in [-0.39, 0.29) is 17.9 Å². The van der Waals surface area contributed by atoms with Gasteiger partial charge in [0.2, 0.25) is 0 Å². The Bertz CT molecular complexity index is 819. The van der Waals surface area contributed by atoms with E-state index < -0.39 is 0 Å². The van der Waals surface area contributed by atoms with Crippen molar-refractivity contribution in [2.75, 3.05) is 17.2 Å². The topological polar surface area (TPSA) is 91.2 Å². The highest BCUT2D eigenvalue weighted by Crippen LogP contribution is 2.18. The SMILES string of the molecule is N#Cc1cccc(C(=O)Nc2ccc(NC(=O)[C@H]3CCCO3)cc2)c1. The Morgan fingerprint density at radius 3 is 2.44 bits per heavy atom. The number of hydrogen-bond acceptors (Lipinski definition) is 4. The normalized spacial score (nSPS) is 16.0. The van der Waals surface area contributed by atoms with Gasteiger partial charge in [0, 0.05) is 23.5 Å². The zero-order valence-corrected chi connectivity index (χ0v) is 13.5. The van der Waals surface area contributed by atoms with Gasteiger partial charge in [0.25, 0.3) is 11.8 Å². The molecule has 0 aromatic heterocycles. The highest BCUT2D eigenvalue weighted by Gasteiger charge is 2.23. The fourth-order valence-corrected chi connectivity index (χ4v) is 2.58. The molecule has 1 fully saturated rings. The zero-order chi connectivity index (χ0) is 17.6. The van der Waals surface area contributed by atoms with Crippen LogP contribution in [0, 0.1) is 11.3 Å². The lowest BCUT2D eigenvalue weighted by Gasteiger charge is -2.11. The quantitative estimate of drug-likeness (QED) is 0.899. The lowest BCUT2D eigenvalue weighted by atomic mass is 10.1. The number of nitriles is 1. The van der Waals surface area contributed by atoms with E-state index >= 15 is 0 Å². The highest BCUT2D eigenvalue weighted by atomic mass is 16.5. The molecule has 2 amide bonds. The number of carbonyl (C=O) groups is 2. The van der Waals surface area contributed by atoms with Crippen LogP contribution in [0.5, 0.6) is 0 Å². The Kier molecular flexibility index (Phi) is 5.07. The van der Waals surface area contributed by atoms with Gasteiger partial charge in [-0.25, -0.2) is 0 Å². The van der Waals surface area contributed by atoms with Crippen LogP contribution in [0.2, 0.25) is 0 Å². The number of carbonyl (C=O) groups excluding carboxylic acids is 2. The van der Waals surface area contributed by atoms with Gasteiger partial charge < -0.3 is 15.4 Å². The second-order valence-corrected chi connectivity index (χ2v) is 5.71. The molecule has 6 heteroatoms. The van der Waals surface area contributed by atoms with Crippen molar-refractivity contribution in [3.63, 3.8) is 0 Å². The van der Waals surface area contributed by atoms with Crippen molar-refractivity contribution >= 4 is 23.2 Å². The number of nitrogens with one attached hydrogen (secondary N) is 2. The molecule has 0 spiro atoms. The second-order valence-electron chi connectivity index (χ2n) is 5.71. The summed E-state index contributed by atoms with van der Waals surface area (Å²) >= 11 is 0. The Balaban J connectivity index is 1.61. The van der Waals surface area contributed by atoms with Crippen molar-refractivity contribution in [3.05, 3.63) is 59.7 Å². The van der Waals surface area contributed by atoms with Gasteiger partial charge in [0.1, 0.15) is 6.10 Å². The van der Waals surface area contributed by atoms with Crippen molar-refractivity contribution in [1.29, 1.82) is 5.26 Å². The molecular weight excluding hydrogens is 318 g/mol. The minimum atomic E-state index is -0.383. The Labute approximate surface area is 145 Å². The van der Waals surface area contributed by atoms with Crippen molar-refractivity contribution in [2.45, 2.75) is 18.9 Å². The summed E-state index contributed by atoms with van der Waals surface area (Å²) < 4.78 is 5.34. The summed E-state index contributed by atoms with van der Waals surface area (Å²) in [5.41, 5.74) is 2.09. The van der Waals surface area contributed by atoms with Crippen molar-refractivity contribution in [1.82, 2.24) is 0 Å². The molecule has 126 valence electrons. The molecule has 0 radical (unpaired) electrons. The Morgan fingerprint density at radius 2 is 1.80 bits per heavy atom. The Hall–Kier alpha value is -3.17. The largest absolute Gasteiger partial charge is 0.368 e. The van der Waals surface area contributed by atoms with Crippen LogP contribution in [-0.4, -0.2) is 24.5 Å². The van der Waals surface area contributed by atoms with Gasteiger partial charge in [-0.05, 0) is 55.3 Å². The molecule has 0 saturated carbocycles. The Morgan fingerprint density at radius 1 is 1.08 bits per heavy atom. The maximum absolute atomic E-state index is 12.2. The molecule has 2 aromatic carbocycles. The number of nitrogens with zero attached hydrogens (tertiary/aromatic N) is 1. The van der Waals surface area contributed by atoms with E-state index in [1.807, 2.05) is 6.07 Å². The first-order valence-corrected chi connectivity index (χ1v) is 8.00. The monoisotopic (exact) mass is 335 g/mol. The van der Waals surface area contributed by atoms with Crippen LogP contribution in [0.3, 0.4) is 0 Å². The summed E-state index contributed by atoms with van der Waals surface area (Å²) in [6.45, 7) is 0.621. The van der Waals surface area contributed by atoms with Crippen molar-refractivity contribution in [2.24, 2.45) is 0 Å². The van der Waals surface area contributed by atoms with Crippen LogP contribution >= 0.6 is 0 Å². The van der Waals surface area contributed by atoms with Crippen LogP contribution in [0.4, 0.5) is 11.4 Å². The van der Waals surface area contributed by atoms with E-state index in [1.54, 1.807) is 42.5 Å². The van der Waals surface area contributed by atoms with E-state index in [9.17, 15) is 9.59 Å². The minimum Gasteiger partial charge on any atom is -0.368 e. The van der Waals surface area contributed by atoms with E-state index in [4.69, 9.17) is 10.00 Å². The van der Waals surface area contributed by atoms with Gasteiger partial charge in [0.15, 0.2) is 0 Å². The van der Waals surface area contributed by atoms with Gasteiger partial charge in [-0.2, -0.15) is 5.26 Å². The standard InChI is InChI=1S/C19H17N3O3/c20-12-13-3-1-4-14(11-13)18(23)21-15-6-8-16(9-7-15)22-19(24)17-5-2-10-25-17/h1,3-4,6-9,11,17H,2,5,10H2,(H,21,23)(H,22,24)/t17-/m1/s1. The minimum absolute atomic E-state index is 0.150. The lowest BCUT2D eigenvalue weighted by molar-refractivity contribution is -0.124. The van der Waals surface area contributed by atoms with Gasteiger partial charge in [-0.1, -0.05) is 6.07 Å². The third-order valence-corrected chi connectivity index (χ3v) is 3.89. The van der Waals surface area contributed by atoms with Gasteiger partial charge in [-0.15, -0.1) is 0 Å². The molecule has 0 aliphatic carbocycles. The predicted octanol–water partition coefficient (Wildman–Crippen LogP) is 2.93. The summed E-state index contributed by atoms with van der Waals surface area (Å²) in [4.78, 5) is 24.2. The summed E-state index contributed by atoms with van der Waals surface area (Å²) in [6, 6.07) is 15.3. The smallest absolute Gasteiger partial charge is 0.255 e. The highest BCUT2D eigenvalue weighted by molar-refractivity contribution is 6.04. The first-order valence-electron chi connectivity index (χ1n) is 8.00. The van der Waals surface area contributed by atoms with Crippen LogP contribution in [0.25, 0.3) is 0 Å². The molecule has 3 rings (SSSR count). The van der Waals surface area contributed by atoms with Gasteiger partial charge in [-0.3, -0.25) is 9.59 Å². The van der Waals surface area contributed by atoms with Gasteiger partial charge >= 0.3 is 0 Å². The molecule has 2 aromatic rings. The third kappa shape index (κ3) is 4.22. The molecule has 0 bridgehead atoms. The van der Waals surface area contributed by atoms with Crippen LogP contribution in [0.15, 0.2) is 48.5 Å². The molecule has 1 atom stereocenters. The molecule has 1 aliphatic heterocycles. The first-order chi connectivity index (χ1) is 12.2. The number of ether oxygens (including phenoxy) is 1. The van der Waals surface area contributed by atoms with Crippen LogP contribution in [-0.2, 0) is 9.53 Å². The number of rotatable bonds is 4. The number of benzene rings is 2. The van der Waals surface area contributed by atoms with Crippen molar-refractivity contribution in [3.8, 4) is 6.07 Å². The molecule has 25 heavy (non-hydrogen) atoms. The molecule has 1 aliphatic rings. The van der Waals surface area contributed by atoms with E-state index in [1.165, 1.54) is 6.07 Å². The van der Waals surface area contributed by atoms with Crippen molar-refractivity contribution < 1.29 is 14.3 Å². The fourth-order valence-electron chi connectivity index (χ4n) is 2.58. The molecule has 1 heterocycles. The maximum Gasteiger partial charge on any atom is 0.255 e. The zero-order valence-electron chi connectivity index (χ0n) is 13.5. The van der Waals surface area contributed by atoms with Gasteiger partial charge in [0.05, 0.1) is 11.6 Å². The van der Waals surface area contributed by atoms with E-state index in [2.05, 4.69) is 10.6 Å². The number of amides is 2. The average Bonchev–Trinajstić information content (AvgIpc) is 3.18. The summed E-state index contributed by atoms with van der Waals surface area (Å²) in [5.74, 6) is -0.448. The second kappa shape index (κ2) is 7.60. The average molecular weight is 335 g/mol. The lowest BCUT2D eigenvalue weighted by Crippen LogP contribution is -2.26. The fraction of sp³-hybridized carbons (Fsp3) is 0.211. The van der Waals surface area contributed by atoms with E-state index in [0.717, 1.165) is 12.8 Å². The molecule has 2 N–H and O–H groups in total. The summed E-state index contributed by atoms with van der Waals surface area (Å²) in [5, 5.41) is 14.4. The third-order valence-electron chi connectivity index (χ3n) is 3.89. The maximum atomic E-state index is 12.2. The summed E-state index contributed by atoms with van der Waals surface area (Å²) in [6.07, 6.45) is 1.25. The predicted molar refractivity (Wildman–Crippen MR) is 93.2 cm³/mol. The van der Waals surface area contributed by atoms with E-state index in [0.29, 0.717) is 29.1 Å². The molecule has 1 saturated heterocycles. The molecule has 0 unspecified atom stereocenters. The molecular formula is C19H17N3O3. The first kappa shape index (κ1) is 16.7. The summed E-state index contributed by atoms with van der Waals surface area (Å²) in [7, 11) is 0. The number of hydrogen-bond donors (Lipinski definition) is 2.